The monoisotopic (exact) mass is 330 g/mol. The lowest BCUT2D eigenvalue weighted by Gasteiger charge is -2.08. The van der Waals surface area contributed by atoms with Gasteiger partial charge in [0.15, 0.2) is 6.61 Å². The fourth-order valence-electron chi connectivity index (χ4n) is 2.02. The van der Waals surface area contributed by atoms with E-state index in [4.69, 9.17) is 4.74 Å². The number of likely N-dealkylation sites (N-methyl/N-ethyl adjacent to an activating group) is 1. The molecular weight excluding hydrogens is 311 g/mol. The standard InChI is InChI=1S/C18H19FN2O3/c1-20-18(23)12-24-16-7-5-13(6-8-16)11-21-17(22)10-14-3-2-4-15(19)9-14/h2-9H,10-12H2,1H3,(H,20,23)(H,21,22). The summed E-state index contributed by atoms with van der Waals surface area (Å²) >= 11 is 0. The first-order valence-corrected chi connectivity index (χ1v) is 7.50. The lowest BCUT2D eigenvalue weighted by molar-refractivity contribution is -0.122. The molecule has 0 aromatic heterocycles. The zero-order valence-corrected chi connectivity index (χ0v) is 13.3. The molecular formula is C18H19FN2O3. The highest BCUT2D eigenvalue weighted by Crippen LogP contribution is 2.12. The van der Waals surface area contributed by atoms with Gasteiger partial charge in [-0.1, -0.05) is 24.3 Å². The molecule has 6 heteroatoms. The van der Waals surface area contributed by atoms with Crippen LogP contribution in [0.2, 0.25) is 0 Å². The first-order chi connectivity index (χ1) is 11.6. The van der Waals surface area contributed by atoms with Crippen LogP contribution in [0.25, 0.3) is 0 Å². The summed E-state index contributed by atoms with van der Waals surface area (Å²) in [6.07, 6.45) is 0.130. The molecule has 0 fully saturated rings. The summed E-state index contributed by atoms with van der Waals surface area (Å²) in [5, 5.41) is 5.25. The Balaban J connectivity index is 1.79. The molecule has 126 valence electrons. The number of nitrogens with one attached hydrogen (secondary N) is 2. The largest absolute Gasteiger partial charge is 0.484 e. The van der Waals surface area contributed by atoms with E-state index in [9.17, 15) is 14.0 Å². The van der Waals surface area contributed by atoms with E-state index in [1.807, 2.05) is 12.1 Å². The van der Waals surface area contributed by atoms with E-state index in [0.29, 0.717) is 17.9 Å². The maximum Gasteiger partial charge on any atom is 0.257 e. The van der Waals surface area contributed by atoms with Crippen molar-refractivity contribution in [3.63, 3.8) is 0 Å². The van der Waals surface area contributed by atoms with Crippen molar-refractivity contribution in [2.75, 3.05) is 13.7 Å². The summed E-state index contributed by atoms with van der Waals surface area (Å²) < 4.78 is 18.4. The first kappa shape index (κ1) is 17.5. The maximum atomic E-state index is 13.1. The number of carbonyl (C=O) groups is 2. The minimum atomic E-state index is -0.354. The van der Waals surface area contributed by atoms with Crippen LogP contribution in [-0.4, -0.2) is 25.5 Å². The Morgan fingerprint density at radius 2 is 1.79 bits per heavy atom. The van der Waals surface area contributed by atoms with E-state index in [2.05, 4.69) is 10.6 Å². The molecule has 0 aliphatic rings. The third-order valence-corrected chi connectivity index (χ3v) is 3.32. The number of hydrogen-bond donors (Lipinski definition) is 2. The summed E-state index contributed by atoms with van der Waals surface area (Å²) in [5.74, 6) is -0.162. The van der Waals surface area contributed by atoms with Crippen molar-refractivity contribution in [3.05, 3.63) is 65.5 Å². The third kappa shape index (κ3) is 5.72. The molecule has 2 amide bonds. The van der Waals surface area contributed by atoms with Gasteiger partial charge in [0.05, 0.1) is 6.42 Å². The molecule has 0 aliphatic carbocycles. The number of amides is 2. The molecule has 0 atom stereocenters. The van der Waals surface area contributed by atoms with E-state index in [1.54, 1.807) is 31.3 Å². The fraction of sp³-hybridized carbons (Fsp3) is 0.222. The summed E-state index contributed by atoms with van der Waals surface area (Å²) in [4.78, 5) is 23.0. The molecule has 0 spiro atoms. The average molecular weight is 330 g/mol. The highest BCUT2D eigenvalue weighted by molar-refractivity contribution is 5.78. The summed E-state index contributed by atoms with van der Waals surface area (Å²) in [7, 11) is 1.54. The van der Waals surface area contributed by atoms with Crippen LogP contribution >= 0.6 is 0 Å². The lowest BCUT2D eigenvalue weighted by atomic mass is 10.1. The SMILES string of the molecule is CNC(=O)COc1ccc(CNC(=O)Cc2cccc(F)c2)cc1. The molecule has 2 rings (SSSR count). The average Bonchev–Trinajstić information content (AvgIpc) is 2.58. The molecule has 2 aromatic carbocycles. The van der Waals surface area contributed by atoms with Crippen LogP contribution in [0.4, 0.5) is 4.39 Å². The van der Waals surface area contributed by atoms with E-state index >= 15 is 0 Å². The van der Waals surface area contributed by atoms with Gasteiger partial charge in [-0.25, -0.2) is 4.39 Å². The smallest absolute Gasteiger partial charge is 0.257 e. The third-order valence-electron chi connectivity index (χ3n) is 3.32. The molecule has 2 N–H and O–H groups in total. The second-order valence-corrected chi connectivity index (χ2v) is 5.19. The van der Waals surface area contributed by atoms with Crippen molar-refractivity contribution < 1.29 is 18.7 Å². The van der Waals surface area contributed by atoms with Crippen LogP contribution in [0.1, 0.15) is 11.1 Å². The first-order valence-electron chi connectivity index (χ1n) is 7.50. The minimum Gasteiger partial charge on any atom is -0.484 e. The predicted octanol–water partition coefficient (Wildman–Crippen LogP) is 1.81. The Morgan fingerprint density at radius 1 is 1.04 bits per heavy atom. The molecule has 0 heterocycles. The topological polar surface area (TPSA) is 67.4 Å². The number of benzene rings is 2. The Bertz CT molecular complexity index is 702. The number of rotatable bonds is 7. The zero-order valence-electron chi connectivity index (χ0n) is 13.3. The van der Waals surface area contributed by atoms with Crippen molar-refractivity contribution in [2.45, 2.75) is 13.0 Å². The van der Waals surface area contributed by atoms with E-state index < -0.39 is 0 Å². The van der Waals surface area contributed by atoms with Crippen molar-refractivity contribution >= 4 is 11.8 Å². The van der Waals surface area contributed by atoms with E-state index in [-0.39, 0.29) is 30.7 Å². The summed E-state index contributed by atoms with van der Waals surface area (Å²) in [6, 6.07) is 13.1. The van der Waals surface area contributed by atoms with Gasteiger partial charge in [0.2, 0.25) is 5.91 Å². The van der Waals surface area contributed by atoms with Gasteiger partial charge in [0.1, 0.15) is 11.6 Å². The Kier molecular flexibility index (Phi) is 6.31. The zero-order chi connectivity index (χ0) is 17.4. The van der Waals surface area contributed by atoms with Gasteiger partial charge >= 0.3 is 0 Å². The van der Waals surface area contributed by atoms with Crippen molar-refractivity contribution in [1.82, 2.24) is 10.6 Å². The number of ether oxygens (including phenoxy) is 1. The Labute approximate surface area is 139 Å². The van der Waals surface area contributed by atoms with Crippen LogP contribution in [-0.2, 0) is 22.6 Å². The molecule has 0 saturated carbocycles. The van der Waals surface area contributed by atoms with Crippen LogP contribution in [0.5, 0.6) is 5.75 Å². The van der Waals surface area contributed by atoms with Crippen molar-refractivity contribution in [1.29, 1.82) is 0 Å². The van der Waals surface area contributed by atoms with Gasteiger partial charge < -0.3 is 15.4 Å². The van der Waals surface area contributed by atoms with Crippen LogP contribution < -0.4 is 15.4 Å². The van der Waals surface area contributed by atoms with Gasteiger partial charge in [0.25, 0.3) is 5.91 Å². The molecule has 0 unspecified atom stereocenters. The van der Waals surface area contributed by atoms with Gasteiger partial charge in [-0.2, -0.15) is 0 Å². The van der Waals surface area contributed by atoms with E-state index in [0.717, 1.165) is 5.56 Å². The lowest BCUT2D eigenvalue weighted by Crippen LogP contribution is -2.25. The van der Waals surface area contributed by atoms with Gasteiger partial charge in [-0.3, -0.25) is 9.59 Å². The normalized spacial score (nSPS) is 10.1. The Morgan fingerprint density at radius 3 is 2.46 bits per heavy atom. The molecule has 24 heavy (non-hydrogen) atoms. The fourth-order valence-corrected chi connectivity index (χ4v) is 2.02. The highest BCUT2D eigenvalue weighted by atomic mass is 19.1. The van der Waals surface area contributed by atoms with Crippen molar-refractivity contribution in [3.8, 4) is 5.75 Å². The van der Waals surface area contributed by atoms with Crippen LogP contribution in [0, 0.1) is 5.82 Å². The van der Waals surface area contributed by atoms with E-state index in [1.165, 1.54) is 12.1 Å². The highest BCUT2D eigenvalue weighted by Gasteiger charge is 2.05. The summed E-state index contributed by atoms with van der Waals surface area (Å²) in [6.45, 7) is 0.324. The molecule has 0 bridgehead atoms. The second kappa shape index (κ2) is 8.67. The van der Waals surface area contributed by atoms with Gasteiger partial charge in [0, 0.05) is 13.6 Å². The molecule has 0 radical (unpaired) electrons. The van der Waals surface area contributed by atoms with Crippen LogP contribution in [0.15, 0.2) is 48.5 Å². The molecule has 2 aromatic rings. The maximum absolute atomic E-state index is 13.1. The van der Waals surface area contributed by atoms with Crippen molar-refractivity contribution in [2.24, 2.45) is 0 Å². The predicted molar refractivity (Wildman–Crippen MR) is 88.0 cm³/mol. The minimum absolute atomic E-state index is 0.0415. The second-order valence-electron chi connectivity index (χ2n) is 5.19. The Hall–Kier alpha value is -2.89. The number of hydrogen-bond acceptors (Lipinski definition) is 3. The molecule has 0 aliphatic heterocycles. The number of halogens is 1. The molecule has 0 saturated heterocycles. The quantitative estimate of drug-likeness (QED) is 0.814. The van der Waals surface area contributed by atoms with Gasteiger partial charge in [-0.15, -0.1) is 0 Å². The number of carbonyl (C=O) groups excluding carboxylic acids is 2. The molecule has 5 nitrogen and oxygen atoms in total. The van der Waals surface area contributed by atoms with Crippen LogP contribution in [0.3, 0.4) is 0 Å². The van der Waals surface area contributed by atoms with Gasteiger partial charge in [-0.05, 0) is 35.4 Å². The summed E-state index contributed by atoms with van der Waals surface area (Å²) in [5.41, 5.74) is 1.53.